The van der Waals surface area contributed by atoms with Crippen LogP contribution in [0, 0.1) is 11.8 Å². The summed E-state index contributed by atoms with van der Waals surface area (Å²) in [6, 6.07) is 0. The Morgan fingerprint density at radius 2 is 2.43 bits per heavy atom. The van der Waals surface area contributed by atoms with E-state index < -0.39 is 0 Å². The maximum absolute atomic E-state index is 5.65. The van der Waals surface area contributed by atoms with Crippen molar-refractivity contribution >= 4 is 17.4 Å². The molecule has 5 heteroatoms. The molecular formula is C9H11ClN4. The van der Waals surface area contributed by atoms with Crippen LogP contribution in [-0.2, 0) is 0 Å². The van der Waals surface area contributed by atoms with Gasteiger partial charge in [0.1, 0.15) is 5.15 Å². The van der Waals surface area contributed by atoms with Crippen LogP contribution in [0.25, 0.3) is 0 Å². The summed E-state index contributed by atoms with van der Waals surface area (Å²) in [7, 11) is 1.87. The molecule has 0 aliphatic carbocycles. The average Bonchev–Trinajstić information content (AvgIpc) is 2.18. The molecule has 1 rings (SSSR count). The molecule has 0 spiro atoms. The molecule has 0 fully saturated rings. The Hall–Kier alpha value is -1.31. The summed E-state index contributed by atoms with van der Waals surface area (Å²) in [6.07, 6.45) is 2.14. The van der Waals surface area contributed by atoms with Crippen molar-refractivity contribution in [2.75, 3.05) is 19.3 Å². The minimum Gasteiger partial charge on any atom is -0.381 e. The van der Waals surface area contributed by atoms with Crippen molar-refractivity contribution in [3.05, 3.63) is 17.0 Å². The highest BCUT2D eigenvalue weighted by molar-refractivity contribution is 6.29. The van der Waals surface area contributed by atoms with Crippen LogP contribution in [0.3, 0.4) is 0 Å². The van der Waals surface area contributed by atoms with Crippen molar-refractivity contribution in [3.63, 3.8) is 0 Å². The van der Waals surface area contributed by atoms with Crippen molar-refractivity contribution in [2.24, 2.45) is 0 Å². The number of nitrogens with two attached hydrogens (primary N) is 1. The van der Waals surface area contributed by atoms with Gasteiger partial charge in [0.15, 0.2) is 11.5 Å². The second-order valence-electron chi connectivity index (χ2n) is 2.58. The smallest absolute Gasteiger partial charge is 0.158 e. The Kier molecular flexibility index (Phi) is 4.17. The average molecular weight is 211 g/mol. The summed E-state index contributed by atoms with van der Waals surface area (Å²) < 4.78 is 0. The number of rotatable bonds is 2. The summed E-state index contributed by atoms with van der Waals surface area (Å²) in [5.41, 5.74) is 5.99. The van der Waals surface area contributed by atoms with Gasteiger partial charge in [0.2, 0.25) is 0 Å². The minimum absolute atomic E-state index is 0.303. The summed E-state index contributed by atoms with van der Waals surface area (Å²) in [4.78, 5) is 7.80. The lowest BCUT2D eigenvalue weighted by molar-refractivity contribution is 0.818. The molecule has 0 radical (unpaired) electrons. The summed E-state index contributed by atoms with van der Waals surface area (Å²) in [5, 5.41) is 3.29. The first-order chi connectivity index (χ1) is 6.74. The SMILES string of the molecule is CNCCC#Cc1nc(Cl)cnc1N. The molecule has 74 valence electrons. The van der Waals surface area contributed by atoms with Crippen LogP contribution < -0.4 is 11.1 Å². The van der Waals surface area contributed by atoms with Crippen LogP contribution in [0.2, 0.25) is 5.15 Å². The van der Waals surface area contributed by atoms with E-state index in [-0.39, 0.29) is 0 Å². The maximum atomic E-state index is 5.65. The van der Waals surface area contributed by atoms with Gasteiger partial charge in [0, 0.05) is 13.0 Å². The Morgan fingerprint density at radius 1 is 1.64 bits per heavy atom. The van der Waals surface area contributed by atoms with Crippen LogP contribution in [0.15, 0.2) is 6.20 Å². The molecular weight excluding hydrogens is 200 g/mol. The monoisotopic (exact) mass is 210 g/mol. The number of nitrogens with zero attached hydrogens (tertiary/aromatic N) is 2. The largest absolute Gasteiger partial charge is 0.381 e. The zero-order valence-electron chi connectivity index (χ0n) is 7.84. The Bertz CT molecular complexity index is 367. The first-order valence-electron chi connectivity index (χ1n) is 4.15. The van der Waals surface area contributed by atoms with Crippen molar-refractivity contribution in [1.29, 1.82) is 0 Å². The lowest BCUT2D eigenvalue weighted by atomic mass is 10.3. The van der Waals surface area contributed by atoms with Crippen molar-refractivity contribution in [2.45, 2.75) is 6.42 Å². The van der Waals surface area contributed by atoms with E-state index in [1.807, 2.05) is 7.05 Å². The maximum Gasteiger partial charge on any atom is 0.158 e. The van der Waals surface area contributed by atoms with Crippen LogP contribution in [0.4, 0.5) is 5.82 Å². The van der Waals surface area contributed by atoms with E-state index in [4.69, 9.17) is 17.3 Å². The van der Waals surface area contributed by atoms with Gasteiger partial charge in [-0.15, -0.1) is 0 Å². The van der Waals surface area contributed by atoms with E-state index >= 15 is 0 Å². The molecule has 0 atom stereocenters. The predicted molar refractivity (Wildman–Crippen MR) is 56.9 cm³/mol. The van der Waals surface area contributed by atoms with Gasteiger partial charge in [-0.2, -0.15) is 0 Å². The van der Waals surface area contributed by atoms with E-state index in [9.17, 15) is 0 Å². The van der Waals surface area contributed by atoms with Gasteiger partial charge in [-0.25, -0.2) is 9.97 Å². The Morgan fingerprint density at radius 3 is 3.14 bits per heavy atom. The summed E-state index contributed by atoms with van der Waals surface area (Å²) in [5.74, 6) is 6.04. The third-order valence-corrected chi connectivity index (χ3v) is 1.66. The summed E-state index contributed by atoms with van der Waals surface area (Å²) in [6.45, 7) is 0.834. The van der Waals surface area contributed by atoms with E-state index in [1.54, 1.807) is 0 Å². The van der Waals surface area contributed by atoms with Gasteiger partial charge in [-0.05, 0) is 13.0 Å². The molecule has 0 saturated heterocycles. The highest BCUT2D eigenvalue weighted by atomic mass is 35.5. The van der Waals surface area contributed by atoms with Crippen molar-refractivity contribution in [1.82, 2.24) is 15.3 Å². The number of anilines is 1. The number of aromatic nitrogens is 2. The zero-order chi connectivity index (χ0) is 10.4. The second-order valence-corrected chi connectivity index (χ2v) is 2.97. The minimum atomic E-state index is 0.303. The number of halogens is 1. The highest BCUT2D eigenvalue weighted by Crippen LogP contribution is 2.07. The topological polar surface area (TPSA) is 63.8 Å². The van der Waals surface area contributed by atoms with Crippen molar-refractivity contribution < 1.29 is 0 Å². The molecule has 4 nitrogen and oxygen atoms in total. The van der Waals surface area contributed by atoms with E-state index in [0.29, 0.717) is 16.7 Å². The second kappa shape index (κ2) is 5.43. The molecule has 14 heavy (non-hydrogen) atoms. The number of hydrogen-bond acceptors (Lipinski definition) is 4. The van der Waals surface area contributed by atoms with E-state index in [0.717, 1.165) is 13.0 Å². The van der Waals surface area contributed by atoms with Gasteiger partial charge in [0.25, 0.3) is 0 Å². The molecule has 1 aromatic rings. The molecule has 0 amide bonds. The molecule has 1 aromatic heterocycles. The predicted octanol–water partition coefficient (Wildman–Crippen LogP) is 0.673. The van der Waals surface area contributed by atoms with Gasteiger partial charge in [0.05, 0.1) is 6.20 Å². The van der Waals surface area contributed by atoms with Crippen LogP contribution in [-0.4, -0.2) is 23.6 Å². The quantitative estimate of drug-likeness (QED) is 0.557. The van der Waals surface area contributed by atoms with Gasteiger partial charge in [-0.3, -0.25) is 0 Å². The molecule has 0 saturated carbocycles. The highest BCUT2D eigenvalue weighted by Gasteiger charge is 1.98. The Balaban J connectivity index is 2.73. The third-order valence-electron chi connectivity index (χ3n) is 1.48. The third kappa shape index (κ3) is 3.21. The van der Waals surface area contributed by atoms with Gasteiger partial charge >= 0.3 is 0 Å². The molecule has 0 aliphatic heterocycles. The fourth-order valence-corrected chi connectivity index (χ4v) is 0.936. The molecule has 3 N–H and O–H groups in total. The lowest BCUT2D eigenvalue weighted by Gasteiger charge is -1.95. The first-order valence-corrected chi connectivity index (χ1v) is 4.53. The fraction of sp³-hybridized carbons (Fsp3) is 0.333. The Labute approximate surface area is 87.9 Å². The fourth-order valence-electron chi connectivity index (χ4n) is 0.803. The lowest BCUT2D eigenvalue weighted by Crippen LogP contribution is -2.06. The standard InChI is InChI=1S/C9H11ClN4/c1-12-5-3-2-4-7-9(11)13-6-8(10)14-7/h6,12H,3,5H2,1H3,(H2,11,13). The van der Waals surface area contributed by atoms with Crippen molar-refractivity contribution in [3.8, 4) is 11.8 Å². The number of nitrogen functional groups attached to an aromatic ring is 1. The van der Waals surface area contributed by atoms with Gasteiger partial charge < -0.3 is 11.1 Å². The number of nitrogens with one attached hydrogen (secondary N) is 1. The molecule has 0 aromatic carbocycles. The summed E-state index contributed by atoms with van der Waals surface area (Å²) >= 11 is 5.65. The van der Waals surface area contributed by atoms with Crippen LogP contribution >= 0.6 is 11.6 Å². The first kappa shape index (κ1) is 10.8. The molecule has 0 aliphatic rings. The normalized spacial score (nSPS) is 9.29. The molecule has 1 heterocycles. The van der Waals surface area contributed by atoms with E-state index in [2.05, 4.69) is 27.1 Å². The zero-order valence-corrected chi connectivity index (χ0v) is 8.60. The molecule has 0 bridgehead atoms. The van der Waals surface area contributed by atoms with E-state index in [1.165, 1.54) is 6.20 Å². The van der Waals surface area contributed by atoms with Gasteiger partial charge in [-0.1, -0.05) is 17.5 Å². The number of hydrogen-bond donors (Lipinski definition) is 2. The van der Waals surface area contributed by atoms with Crippen LogP contribution in [0.5, 0.6) is 0 Å². The molecule has 0 unspecified atom stereocenters. The van der Waals surface area contributed by atoms with Crippen LogP contribution in [0.1, 0.15) is 12.1 Å².